The van der Waals surface area contributed by atoms with Crippen LogP contribution in [0, 0.1) is 23.6 Å². The molecule has 0 aliphatic heterocycles. The zero-order chi connectivity index (χ0) is 31.5. The summed E-state index contributed by atoms with van der Waals surface area (Å²) in [6, 6.07) is 6.91. The summed E-state index contributed by atoms with van der Waals surface area (Å²) in [5.74, 6) is -3.23. The molecule has 43 heavy (non-hydrogen) atoms. The van der Waals surface area contributed by atoms with Crippen molar-refractivity contribution in [3.8, 4) is 5.75 Å². The Morgan fingerprint density at radius 3 is 2.44 bits per heavy atom. The van der Waals surface area contributed by atoms with Crippen LogP contribution in [-0.2, 0) is 22.1 Å². The van der Waals surface area contributed by atoms with Gasteiger partial charge < -0.3 is 25.2 Å². The fourth-order valence-electron chi connectivity index (χ4n) is 6.24. The largest absolute Gasteiger partial charge is 0.496 e. The van der Waals surface area contributed by atoms with Crippen molar-refractivity contribution < 1.29 is 41.7 Å². The average molecular weight is 607 g/mol. The van der Waals surface area contributed by atoms with Gasteiger partial charge in [-0.15, -0.1) is 0 Å². The van der Waals surface area contributed by atoms with Crippen molar-refractivity contribution in [2.75, 3.05) is 26.1 Å². The molecule has 2 aliphatic rings. The zero-order valence-electron chi connectivity index (χ0n) is 24.7. The van der Waals surface area contributed by atoms with Crippen LogP contribution < -0.4 is 15.4 Å². The van der Waals surface area contributed by atoms with Crippen LogP contribution in [0.25, 0.3) is 0 Å². The molecule has 3 N–H and O–H groups in total. The molecule has 0 spiro atoms. The third kappa shape index (κ3) is 7.56. The third-order valence-corrected chi connectivity index (χ3v) is 8.27. The van der Waals surface area contributed by atoms with Crippen LogP contribution in [0.2, 0.25) is 0 Å². The van der Waals surface area contributed by atoms with E-state index in [1.165, 1.54) is 7.11 Å². The summed E-state index contributed by atoms with van der Waals surface area (Å²) in [5, 5.41) is 15.7. The number of amides is 2. The van der Waals surface area contributed by atoms with Gasteiger partial charge in [0.1, 0.15) is 11.6 Å². The zero-order valence-corrected chi connectivity index (χ0v) is 24.7. The molecule has 2 aromatic rings. The first-order valence-electron chi connectivity index (χ1n) is 14.3. The molecule has 0 radical (unpaired) electrons. The summed E-state index contributed by atoms with van der Waals surface area (Å²) in [6.45, 7) is 3.89. The normalized spacial score (nSPS) is 22.6. The number of nitrogens with one attached hydrogen (secondary N) is 2. The molecule has 2 aliphatic carbocycles. The lowest BCUT2D eigenvalue weighted by atomic mass is 9.83. The van der Waals surface area contributed by atoms with E-state index in [1.807, 2.05) is 12.1 Å². The lowest BCUT2D eigenvalue weighted by molar-refractivity contribution is -0.140. The first-order valence-corrected chi connectivity index (χ1v) is 14.3. The average Bonchev–Trinajstić information content (AvgIpc) is 3.46. The molecular weight excluding hydrogens is 568 g/mol. The van der Waals surface area contributed by atoms with Gasteiger partial charge in [0, 0.05) is 31.4 Å². The highest BCUT2D eigenvalue weighted by Crippen LogP contribution is 2.53. The van der Waals surface area contributed by atoms with Crippen LogP contribution in [-0.4, -0.2) is 49.4 Å². The van der Waals surface area contributed by atoms with Gasteiger partial charge in [-0.05, 0) is 87.8 Å². The van der Waals surface area contributed by atoms with E-state index >= 15 is 0 Å². The van der Waals surface area contributed by atoms with E-state index in [-0.39, 0.29) is 23.1 Å². The number of hydrogen-bond acceptors (Lipinski definition) is 5. The Bertz CT molecular complexity index is 1370. The molecule has 2 saturated carbocycles. The molecule has 11 heteroatoms. The third-order valence-electron chi connectivity index (χ3n) is 8.27. The fraction of sp³-hybridized carbons (Fsp3) is 0.500. The summed E-state index contributed by atoms with van der Waals surface area (Å²) >= 11 is 0. The second-order valence-electron chi connectivity index (χ2n) is 11.8. The Morgan fingerprint density at radius 1 is 1.07 bits per heavy atom. The molecule has 7 nitrogen and oxygen atoms in total. The van der Waals surface area contributed by atoms with E-state index < -0.39 is 46.9 Å². The lowest BCUT2D eigenvalue weighted by Crippen LogP contribution is -2.48. The van der Waals surface area contributed by atoms with Crippen molar-refractivity contribution in [3.63, 3.8) is 0 Å². The summed E-state index contributed by atoms with van der Waals surface area (Å²) in [6.07, 6.45) is 0.122. The molecule has 234 valence electrons. The molecule has 4 unspecified atom stereocenters. The topological polar surface area (TPSA) is 96.9 Å². The van der Waals surface area contributed by atoms with Crippen LogP contribution in [0.4, 0.5) is 23.2 Å². The molecular formula is C32H38F4N2O5. The quantitative estimate of drug-likeness (QED) is 0.168. The molecule has 0 heterocycles. The minimum Gasteiger partial charge on any atom is -0.496 e. The van der Waals surface area contributed by atoms with E-state index in [2.05, 4.69) is 10.6 Å². The maximum atomic E-state index is 13.9. The second kappa shape index (κ2) is 13.1. The Kier molecular flexibility index (Phi) is 9.86. The van der Waals surface area contributed by atoms with Gasteiger partial charge in [-0.2, -0.15) is 13.2 Å². The van der Waals surface area contributed by atoms with Crippen molar-refractivity contribution in [2.24, 2.45) is 17.8 Å². The molecule has 2 bridgehead atoms. The van der Waals surface area contributed by atoms with E-state index in [0.29, 0.717) is 50.2 Å². The summed E-state index contributed by atoms with van der Waals surface area (Å²) in [5.41, 5.74) is -0.424. The van der Waals surface area contributed by atoms with Crippen molar-refractivity contribution in [2.45, 2.75) is 63.8 Å². The number of benzene rings is 2. The minimum atomic E-state index is -4.93. The second-order valence-corrected chi connectivity index (χ2v) is 11.8. The van der Waals surface area contributed by atoms with Crippen molar-refractivity contribution in [3.05, 3.63) is 70.6 Å². The minimum absolute atomic E-state index is 0.148. The van der Waals surface area contributed by atoms with Crippen LogP contribution in [0.5, 0.6) is 5.75 Å². The number of aryl methyl sites for hydroxylation is 1. The smallest absolute Gasteiger partial charge is 0.419 e. The highest BCUT2D eigenvalue weighted by Gasteiger charge is 2.54. The van der Waals surface area contributed by atoms with E-state index in [0.717, 1.165) is 23.6 Å². The summed E-state index contributed by atoms with van der Waals surface area (Å²) in [7, 11) is 3.03. The van der Waals surface area contributed by atoms with Gasteiger partial charge in [-0.3, -0.25) is 9.59 Å². The fourth-order valence-corrected chi connectivity index (χ4v) is 6.24. The predicted molar refractivity (Wildman–Crippen MR) is 153 cm³/mol. The number of carbonyl (C=O) groups is 2. The summed E-state index contributed by atoms with van der Waals surface area (Å²) in [4.78, 5) is 27.4. The number of methoxy groups -OCH3 is 2. The first-order chi connectivity index (χ1) is 20.2. The summed E-state index contributed by atoms with van der Waals surface area (Å²) < 4.78 is 64.4. The predicted octanol–water partition coefficient (Wildman–Crippen LogP) is 5.91. The van der Waals surface area contributed by atoms with Gasteiger partial charge >= 0.3 is 6.18 Å². The van der Waals surface area contributed by atoms with Crippen LogP contribution in [0.3, 0.4) is 0 Å². The van der Waals surface area contributed by atoms with Crippen molar-refractivity contribution in [1.29, 1.82) is 0 Å². The van der Waals surface area contributed by atoms with E-state index in [4.69, 9.17) is 9.47 Å². The number of alkyl halides is 3. The Hall–Kier alpha value is -3.44. The lowest BCUT2D eigenvalue weighted by Gasteiger charge is -2.30. The SMILES string of the molecule is COCC/C=C1\C2CCC1C(C(=O)Nc1ccc(F)c(C(F)(F)F)c1)C2NC(=O)c1cc(CCC(C)(C)O)ccc1OC. The molecule has 2 amide bonds. The van der Waals surface area contributed by atoms with Gasteiger partial charge in [0.2, 0.25) is 5.91 Å². The molecule has 4 rings (SSSR count). The Balaban J connectivity index is 1.63. The molecule has 4 atom stereocenters. The number of fused-ring (bicyclic) bond motifs is 2. The van der Waals surface area contributed by atoms with Gasteiger partial charge in [0.25, 0.3) is 5.91 Å². The number of halogens is 4. The number of rotatable bonds is 11. The van der Waals surface area contributed by atoms with Crippen LogP contribution in [0.1, 0.15) is 61.0 Å². The van der Waals surface area contributed by atoms with E-state index in [9.17, 15) is 32.3 Å². The molecule has 2 aromatic carbocycles. The van der Waals surface area contributed by atoms with Crippen LogP contribution in [0.15, 0.2) is 48.0 Å². The highest BCUT2D eigenvalue weighted by molar-refractivity contribution is 5.99. The van der Waals surface area contributed by atoms with Crippen LogP contribution >= 0.6 is 0 Å². The molecule has 0 aromatic heterocycles. The van der Waals surface area contributed by atoms with Gasteiger partial charge in [-0.1, -0.05) is 17.7 Å². The van der Waals surface area contributed by atoms with Crippen molar-refractivity contribution in [1.82, 2.24) is 5.32 Å². The molecule has 0 saturated heterocycles. The first kappa shape index (κ1) is 32.5. The van der Waals surface area contributed by atoms with E-state index in [1.54, 1.807) is 33.1 Å². The number of hydrogen-bond donors (Lipinski definition) is 3. The Morgan fingerprint density at radius 2 is 1.79 bits per heavy atom. The van der Waals surface area contributed by atoms with Crippen molar-refractivity contribution >= 4 is 17.5 Å². The maximum Gasteiger partial charge on any atom is 0.419 e. The van der Waals surface area contributed by atoms with Gasteiger partial charge in [-0.25, -0.2) is 4.39 Å². The van der Waals surface area contributed by atoms with Gasteiger partial charge in [0.05, 0.1) is 29.8 Å². The monoisotopic (exact) mass is 606 g/mol. The Labute approximate surface area is 248 Å². The number of anilines is 1. The number of ether oxygens (including phenoxy) is 2. The number of carbonyl (C=O) groups excluding carboxylic acids is 2. The van der Waals surface area contributed by atoms with Gasteiger partial charge in [0.15, 0.2) is 0 Å². The number of aliphatic hydroxyl groups is 1. The molecule has 2 fully saturated rings. The standard InChI is InChI=1S/C32H38F4N2O5/c1-31(2,41)14-13-18-7-12-26(43-4)23(16-18)29(39)38-28-22-10-9-21(20(22)6-5-15-42-3)27(28)30(40)37-19-8-11-25(33)24(17-19)32(34,35)36/h6-8,11-12,16-17,21-22,27-28,41H,5,9-10,13-15H2,1-4H3,(H,37,40)(H,38,39)/b20-6-. The highest BCUT2D eigenvalue weighted by atomic mass is 19.4. The maximum absolute atomic E-state index is 13.9.